The molecule has 0 heterocycles. The molecule has 0 amide bonds. The summed E-state index contributed by atoms with van der Waals surface area (Å²) >= 11 is 6.55. The first-order chi connectivity index (χ1) is 14.6. The molecule has 0 aliphatic rings. The van der Waals surface area contributed by atoms with Gasteiger partial charge in [-0.1, -0.05) is 61.0 Å². The molecule has 152 valence electrons. The first kappa shape index (κ1) is 20.3. The molecule has 0 N–H and O–H groups in total. The van der Waals surface area contributed by atoms with Crippen molar-refractivity contribution in [3.8, 4) is 22.6 Å². The van der Waals surface area contributed by atoms with Gasteiger partial charge in [0.25, 0.3) is 0 Å². The summed E-state index contributed by atoms with van der Waals surface area (Å²) in [6, 6.07) is 25.1. The number of hydrogen-bond donors (Lipinski definition) is 0. The molecule has 4 rings (SSSR count). The topological polar surface area (TPSA) is 18.5 Å². The van der Waals surface area contributed by atoms with Crippen molar-refractivity contribution in [1.29, 1.82) is 0 Å². The first-order valence-corrected chi connectivity index (χ1v) is 10.5. The summed E-state index contributed by atoms with van der Waals surface area (Å²) < 4.78 is 10.8. The summed E-state index contributed by atoms with van der Waals surface area (Å²) in [6.07, 6.45) is 1.70. The fraction of sp³-hybridized carbons (Fsp3) is 0.185. The molecule has 0 atom stereocenters. The molecule has 2 nitrogen and oxygen atoms in total. The Morgan fingerprint density at radius 1 is 0.733 bits per heavy atom. The van der Waals surface area contributed by atoms with Crippen LogP contribution in [0.2, 0.25) is 5.02 Å². The van der Waals surface area contributed by atoms with Gasteiger partial charge in [0.15, 0.2) is 0 Å². The van der Waals surface area contributed by atoms with Crippen LogP contribution in [0.4, 0.5) is 0 Å². The predicted octanol–water partition coefficient (Wildman–Crippen LogP) is 7.33. The van der Waals surface area contributed by atoms with Gasteiger partial charge in [0.05, 0.1) is 14.2 Å². The number of hydrogen-bond acceptors (Lipinski definition) is 2. The van der Waals surface area contributed by atoms with E-state index in [2.05, 4.69) is 49.4 Å². The molecular formula is C27H25ClO2. The quantitative estimate of drug-likeness (QED) is 0.327. The zero-order chi connectivity index (χ0) is 21.1. The number of benzene rings is 4. The highest BCUT2D eigenvalue weighted by Gasteiger charge is 2.15. The third-order valence-corrected chi connectivity index (χ3v) is 6.00. The normalized spacial score (nSPS) is 10.9. The summed E-state index contributed by atoms with van der Waals surface area (Å²) in [6.45, 7) is 2.15. The molecule has 0 fully saturated rings. The van der Waals surface area contributed by atoms with E-state index in [1.807, 2.05) is 30.3 Å². The molecule has 0 saturated carbocycles. The first-order valence-electron chi connectivity index (χ1n) is 10.1. The van der Waals surface area contributed by atoms with Gasteiger partial charge in [-0.15, -0.1) is 0 Å². The smallest absolute Gasteiger partial charge is 0.119 e. The van der Waals surface area contributed by atoms with Gasteiger partial charge in [-0.25, -0.2) is 0 Å². The van der Waals surface area contributed by atoms with Crippen molar-refractivity contribution in [2.24, 2.45) is 0 Å². The van der Waals surface area contributed by atoms with Crippen LogP contribution in [0.5, 0.6) is 11.5 Å². The van der Waals surface area contributed by atoms with Gasteiger partial charge >= 0.3 is 0 Å². The van der Waals surface area contributed by atoms with E-state index >= 15 is 0 Å². The lowest BCUT2D eigenvalue weighted by atomic mass is 9.88. The van der Waals surface area contributed by atoms with Crippen LogP contribution in [-0.2, 0) is 12.8 Å². The fourth-order valence-corrected chi connectivity index (χ4v) is 4.37. The highest BCUT2D eigenvalue weighted by Crippen LogP contribution is 2.37. The van der Waals surface area contributed by atoms with Crippen LogP contribution in [0.25, 0.3) is 21.9 Å². The van der Waals surface area contributed by atoms with Crippen LogP contribution in [-0.4, -0.2) is 14.2 Å². The minimum Gasteiger partial charge on any atom is -0.497 e. The van der Waals surface area contributed by atoms with E-state index in [0.29, 0.717) is 0 Å². The number of methoxy groups -OCH3 is 2. The van der Waals surface area contributed by atoms with Gasteiger partial charge in [-0.05, 0) is 81.8 Å². The summed E-state index contributed by atoms with van der Waals surface area (Å²) in [5, 5.41) is 3.22. The van der Waals surface area contributed by atoms with Gasteiger partial charge in [0, 0.05) is 5.02 Å². The van der Waals surface area contributed by atoms with Crippen molar-refractivity contribution in [2.75, 3.05) is 14.2 Å². The van der Waals surface area contributed by atoms with Crippen LogP contribution in [0.15, 0.2) is 72.8 Å². The summed E-state index contributed by atoms with van der Waals surface area (Å²) in [7, 11) is 3.39. The van der Waals surface area contributed by atoms with E-state index in [1.165, 1.54) is 38.6 Å². The number of halogens is 1. The van der Waals surface area contributed by atoms with Gasteiger partial charge < -0.3 is 9.47 Å². The molecule has 0 aliphatic heterocycles. The Balaban J connectivity index is 1.93. The Bertz CT molecular complexity index is 1180. The summed E-state index contributed by atoms with van der Waals surface area (Å²) in [4.78, 5) is 0. The molecule has 0 aromatic heterocycles. The lowest BCUT2D eigenvalue weighted by Crippen LogP contribution is -1.98. The van der Waals surface area contributed by atoms with Gasteiger partial charge in [-0.3, -0.25) is 0 Å². The van der Waals surface area contributed by atoms with Crippen molar-refractivity contribution < 1.29 is 9.47 Å². The average molecular weight is 417 g/mol. The maximum atomic E-state index is 6.55. The van der Waals surface area contributed by atoms with E-state index in [1.54, 1.807) is 14.2 Å². The van der Waals surface area contributed by atoms with Crippen LogP contribution in [0.1, 0.15) is 23.6 Å². The second-order valence-corrected chi connectivity index (χ2v) is 7.73. The minimum absolute atomic E-state index is 0.818. The molecule has 0 radical (unpaired) electrons. The molecule has 0 saturated heterocycles. The molecule has 4 aromatic rings. The van der Waals surface area contributed by atoms with Crippen molar-refractivity contribution in [3.05, 3.63) is 94.5 Å². The predicted molar refractivity (Wildman–Crippen MR) is 126 cm³/mol. The third-order valence-electron chi connectivity index (χ3n) is 5.64. The van der Waals surface area contributed by atoms with Gasteiger partial charge in [0.1, 0.15) is 11.5 Å². The Morgan fingerprint density at radius 2 is 1.43 bits per heavy atom. The Hall–Kier alpha value is -2.97. The van der Waals surface area contributed by atoms with Crippen LogP contribution < -0.4 is 9.47 Å². The fourth-order valence-electron chi connectivity index (χ4n) is 4.06. The zero-order valence-electron chi connectivity index (χ0n) is 17.5. The molecule has 0 unspecified atom stereocenters. The molecule has 0 aliphatic carbocycles. The Kier molecular flexibility index (Phi) is 5.96. The Labute approximate surface area is 183 Å². The molecule has 30 heavy (non-hydrogen) atoms. The largest absolute Gasteiger partial charge is 0.497 e. The minimum atomic E-state index is 0.818. The maximum Gasteiger partial charge on any atom is 0.119 e. The lowest BCUT2D eigenvalue weighted by molar-refractivity contribution is 0.414. The Morgan fingerprint density at radius 3 is 2.13 bits per heavy atom. The van der Waals surface area contributed by atoms with Gasteiger partial charge in [-0.2, -0.15) is 0 Å². The van der Waals surface area contributed by atoms with E-state index in [-0.39, 0.29) is 0 Å². The van der Waals surface area contributed by atoms with Crippen molar-refractivity contribution in [1.82, 2.24) is 0 Å². The van der Waals surface area contributed by atoms with E-state index in [4.69, 9.17) is 21.1 Å². The lowest BCUT2D eigenvalue weighted by Gasteiger charge is -2.18. The molecule has 3 heteroatoms. The van der Waals surface area contributed by atoms with Gasteiger partial charge in [0.2, 0.25) is 0 Å². The summed E-state index contributed by atoms with van der Waals surface area (Å²) in [5.74, 6) is 1.73. The molecule has 0 bridgehead atoms. The maximum absolute atomic E-state index is 6.55. The monoisotopic (exact) mass is 416 g/mol. The van der Waals surface area contributed by atoms with E-state index in [9.17, 15) is 0 Å². The highest BCUT2D eigenvalue weighted by molar-refractivity contribution is 6.31. The van der Waals surface area contributed by atoms with Crippen LogP contribution in [0, 0.1) is 0 Å². The third kappa shape index (κ3) is 3.88. The van der Waals surface area contributed by atoms with E-state index in [0.717, 1.165) is 29.4 Å². The second-order valence-electron chi connectivity index (χ2n) is 7.32. The average Bonchev–Trinajstić information content (AvgIpc) is 2.79. The van der Waals surface area contributed by atoms with Crippen molar-refractivity contribution >= 4 is 22.4 Å². The van der Waals surface area contributed by atoms with Crippen LogP contribution >= 0.6 is 11.6 Å². The molecule has 0 spiro atoms. The van der Waals surface area contributed by atoms with Crippen molar-refractivity contribution in [3.63, 3.8) is 0 Å². The second kappa shape index (κ2) is 8.81. The van der Waals surface area contributed by atoms with Crippen LogP contribution in [0.3, 0.4) is 0 Å². The SMILES string of the molecule is CCc1c(Cl)cccc1-c1ccc2cc(OC)ccc2c1Cc1ccc(OC)cc1. The zero-order valence-corrected chi connectivity index (χ0v) is 18.3. The van der Waals surface area contributed by atoms with E-state index < -0.39 is 0 Å². The number of ether oxygens (including phenoxy) is 2. The number of rotatable bonds is 6. The summed E-state index contributed by atoms with van der Waals surface area (Å²) in [5.41, 5.74) is 6.13. The number of fused-ring (bicyclic) bond motifs is 1. The van der Waals surface area contributed by atoms with Crippen molar-refractivity contribution in [2.45, 2.75) is 19.8 Å². The highest BCUT2D eigenvalue weighted by atomic mass is 35.5. The molecule has 4 aromatic carbocycles. The molecular weight excluding hydrogens is 392 g/mol. The standard InChI is InChI=1S/C27H25ClO2/c1-4-22-24(6-5-7-27(22)28)25-14-10-19-17-21(30-3)13-15-23(19)26(25)16-18-8-11-20(29-2)12-9-18/h5-15,17H,4,16H2,1-3H3.